The number of halogens is 1. The summed E-state index contributed by atoms with van der Waals surface area (Å²) in [5, 5.41) is 19.6. The fraction of sp³-hybridized carbons (Fsp3) is 0.455. The first-order valence-electron chi connectivity index (χ1n) is 10.6. The number of aliphatic hydroxyl groups is 1. The number of aromatic nitrogens is 3. The van der Waals surface area contributed by atoms with Crippen molar-refractivity contribution in [2.24, 2.45) is 0 Å². The summed E-state index contributed by atoms with van der Waals surface area (Å²) in [6.07, 6.45) is 7.49. The van der Waals surface area contributed by atoms with Crippen LogP contribution in [0.15, 0.2) is 30.5 Å². The Kier molecular flexibility index (Phi) is 6.15. The lowest BCUT2D eigenvalue weighted by Gasteiger charge is -2.24. The van der Waals surface area contributed by atoms with Crippen LogP contribution in [0.2, 0.25) is 0 Å². The van der Waals surface area contributed by atoms with Crippen LogP contribution in [0.25, 0.3) is 5.65 Å². The molecular weight excluding hydrogens is 383 g/mol. The van der Waals surface area contributed by atoms with E-state index in [1.165, 1.54) is 31.4 Å². The van der Waals surface area contributed by atoms with Crippen molar-refractivity contribution in [3.8, 4) is 0 Å². The third-order valence-electron chi connectivity index (χ3n) is 5.65. The molecule has 2 aromatic heterocycles. The number of nitrogens with one attached hydrogen (secondary N) is 2. The molecule has 5 rings (SSSR count). The Morgan fingerprint density at radius 2 is 2.03 bits per heavy atom. The number of nitrogens with two attached hydrogens (primary N) is 1. The molecule has 1 aliphatic heterocycles. The van der Waals surface area contributed by atoms with Crippen molar-refractivity contribution in [1.82, 2.24) is 19.9 Å². The molecule has 1 saturated heterocycles. The lowest BCUT2D eigenvalue weighted by molar-refractivity contribution is 0.142. The standard InChI is InChI=1S/C17H18FN5.C5H11NO/c1-10-5-12(18)7-13(6-10)21-16-8-15(19)22-17-14(9-20-23(16)17)11-3-2-4-11;7-5-2-1-3-6-4-5/h5-9,11,21H,2-4H2,1H3,(H2,19,22);5-7H,1-4H2. The topological polar surface area (TPSA) is 100 Å². The van der Waals surface area contributed by atoms with Crippen LogP contribution in [0.1, 0.15) is 49.1 Å². The molecule has 1 aliphatic carbocycles. The number of β-amino-alcohol motifs (C(OH)–C–C–N with tert-alkyl or cyclic N) is 1. The van der Waals surface area contributed by atoms with Crippen LogP contribution in [0.3, 0.4) is 0 Å². The molecule has 1 atom stereocenters. The number of benzene rings is 1. The van der Waals surface area contributed by atoms with E-state index in [1.54, 1.807) is 10.6 Å². The number of hydrogen-bond donors (Lipinski definition) is 4. The molecular formula is C22H29FN6O. The number of fused-ring (bicyclic) bond motifs is 1. The molecule has 0 radical (unpaired) electrons. The van der Waals surface area contributed by atoms with E-state index in [4.69, 9.17) is 10.8 Å². The molecule has 1 saturated carbocycles. The van der Waals surface area contributed by atoms with Crippen LogP contribution < -0.4 is 16.4 Å². The molecule has 0 amide bonds. The SMILES string of the molecule is Cc1cc(F)cc(Nc2cc(N)nc3c(C4CCC4)cnn23)c1.OC1CCCNC1. The van der Waals surface area contributed by atoms with E-state index in [1.807, 2.05) is 19.2 Å². The maximum atomic E-state index is 13.6. The minimum Gasteiger partial charge on any atom is -0.392 e. The molecule has 1 unspecified atom stereocenters. The zero-order valence-electron chi connectivity index (χ0n) is 17.2. The van der Waals surface area contributed by atoms with Gasteiger partial charge in [0.25, 0.3) is 0 Å². The minimum atomic E-state index is -0.276. The van der Waals surface area contributed by atoms with Crippen LogP contribution in [0.5, 0.6) is 0 Å². The van der Waals surface area contributed by atoms with Crippen molar-refractivity contribution in [1.29, 1.82) is 0 Å². The third kappa shape index (κ3) is 4.71. The smallest absolute Gasteiger partial charge is 0.163 e. The predicted octanol–water partition coefficient (Wildman–Crippen LogP) is 3.50. The summed E-state index contributed by atoms with van der Waals surface area (Å²) < 4.78 is 15.3. The Labute approximate surface area is 175 Å². The van der Waals surface area contributed by atoms with Gasteiger partial charge in [-0.1, -0.05) is 6.42 Å². The van der Waals surface area contributed by atoms with Gasteiger partial charge in [-0.25, -0.2) is 9.37 Å². The van der Waals surface area contributed by atoms with Crippen LogP contribution in [0, 0.1) is 12.7 Å². The highest BCUT2D eigenvalue weighted by Gasteiger charge is 2.24. The summed E-state index contributed by atoms with van der Waals surface area (Å²) in [7, 11) is 0. The van der Waals surface area contributed by atoms with Crippen molar-refractivity contribution in [2.75, 3.05) is 24.1 Å². The van der Waals surface area contributed by atoms with Gasteiger partial charge in [-0.15, -0.1) is 0 Å². The largest absolute Gasteiger partial charge is 0.392 e. The van der Waals surface area contributed by atoms with Gasteiger partial charge in [-0.3, -0.25) is 0 Å². The van der Waals surface area contributed by atoms with E-state index in [0.29, 0.717) is 23.2 Å². The molecule has 2 aliphatic rings. The van der Waals surface area contributed by atoms with E-state index < -0.39 is 0 Å². The minimum absolute atomic E-state index is 0.0752. The second-order valence-corrected chi connectivity index (χ2v) is 8.17. The van der Waals surface area contributed by atoms with Crippen molar-refractivity contribution in [3.63, 3.8) is 0 Å². The second-order valence-electron chi connectivity index (χ2n) is 8.17. The summed E-state index contributed by atoms with van der Waals surface area (Å²) in [5.41, 5.74) is 9.39. The van der Waals surface area contributed by atoms with E-state index in [9.17, 15) is 4.39 Å². The normalized spacial score (nSPS) is 19.1. The highest BCUT2D eigenvalue weighted by molar-refractivity contribution is 5.65. The molecule has 3 heterocycles. The molecule has 160 valence electrons. The highest BCUT2D eigenvalue weighted by atomic mass is 19.1. The van der Waals surface area contributed by atoms with Crippen LogP contribution >= 0.6 is 0 Å². The summed E-state index contributed by atoms with van der Waals surface area (Å²) in [6, 6.07) is 6.53. The molecule has 8 heteroatoms. The summed E-state index contributed by atoms with van der Waals surface area (Å²) >= 11 is 0. The number of nitrogen functional groups attached to an aromatic ring is 1. The van der Waals surface area contributed by atoms with Crippen molar-refractivity contribution in [3.05, 3.63) is 47.4 Å². The van der Waals surface area contributed by atoms with Crippen molar-refractivity contribution >= 4 is 23.0 Å². The van der Waals surface area contributed by atoms with Gasteiger partial charge in [0.2, 0.25) is 0 Å². The molecule has 3 aromatic rings. The maximum Gasteiger partial charge on any atom is 0.163 e. The lowest BCUT2D eigenvalue weighted by atomic mass is 9.81. The first kappa shape index (κ1) is 20.6. The number of aryl methyl sites for hydroxylation is 1. The zero-order valence-corrected chi connectivity index (χ0v) is 17.2. The van der Waals surface area contributed by atoms with Gasteiger partial charge in [-0.05, 0) is 68.8 Å². The highest BCUT2D eigenvalue weighted by Crippen LogP contribution is 2.38. The number of aliphatic hydroxyl groups excluding tert-OH is 1. The number of hydrogen-bond acceptors (Lipinski definition) is 6. The molecule has 5 N–H and O–H groups in total. The van der Waals surface area contributed by atoms with Gasteiger partial charge in [0.15, 0.2) is 5.65 Å². The van der Waals surface area contributed by atoms with Gasteiger partial charge >= 0.3 is 0 Å². The van der Waals surface area contributed by atoms with Gasteiger partial charge in [0.05, 0.1) is 12.3 Å². The van der Waals surface area contributed by atoms with E-state index in [0.717, 1.165) is 42.7 Å². The van der Waals surface area contributed by atoms with Gasteiger partial charge in [-0.2, -0.15) is 9.61 Å². The molecule has 0 bridgehead atoms. The fourth-order valence-corrected chi connectivity index (χ4v) is 3.88. The average Bonchev–Trinajstić information content (AvgIpc) is 3.04. The van der Waals surface area contributed by atoms with E-state index in [-0.39, 0.29) is 11.9 Å². The van der Waals surface area contributed by atoms with E-state index in [2.05, 4.69) is 20.7 Å². The number of anilines is 3. The van der Waals surface area contributed by atoms with Crippen molar-refractivity contribution < 1.29 is 9.50 Å². The van der Waals surface area contributed by atoms with Crippen LogP contribution in [0.4, 0.5) is 21.7 Å². The first-order valence-corrected chi connectivity index (χ1v) is 10.6. The third-order valence-corrected chi connectivity index (χ3v) is 5.65. The second kappa shape index (κ2) is 8.97. The zero-order chi connectivity index (χ0) is 21.1. The molecule has 7 nitrogen and oxygen atoms in total. The van der Waals surface area contributed by atoms with E-state index >= 15 is 0 Å². The van der Waals surface area contributed by atoms with Crippen molar-refractivity contribution in [2.45, 2.75) is 51.0 Å². The summed E-state index contributed by atoms with van der Waals surface area (Å²) in [5.74, 6) is 1.35. The average molecular weight is 413 g/mol. The maximum absolute atomic E-state index is 13.6. The Morgan fingerprint density at radius 1 is 1.20 bits per heavy atom. The number of piperidine rings is 1. The Bertz CT molecular complexity index is 990. The van der Waals surface area contributed by atoms with Crippen LogP contribution in [-0.4, -0.2) is 38.9 Å². The molecule has 2 fully saturated rings. The Hall–Kier alpha value is -2.71. The number of nitrogens with zero attached hydrogens (tertiary/aromatic N) is 3. The number of rotatable bonds is 3. The fourth-order valence-electron chi connectivity index (χ4n) is 3.88. The summed E-state index contributed by atoms with van der Waals surface area (Å²) in [4.78, 5) is 4.44. The molecule has 1 aromatic carbocycles. The molecule has 30 heavy (non-hydrogen) atoms. The predicted molar refractivity (Wildman–Crippen MR) is 117 cm³/mol. The monoisotopic (exact) mass is 412 g/mol. The lowest BCUT2D eigenvalue weighted by Crippen LogP contribution is -2.33. The molecule has 0 spiro atoms. The quantitative estimate of drug-likeness (QED) is 0.525. The Balaban J connectivity index is 0.000000265. The first-order chi connectivity index (χ1) is 14.5. The van der Waals surface area contributed by atoms with Gasteiger partial charge < -0.3 is 21.5 Å². The summed E-state index contributed by atoms with van der Waals surface area (Å²) in [6.45, 7) is 3.73. The Morgan fingerprint density at radius 3 is 2.63 bits per heavy atom. The van der Waals surface area contributed by atoms with Gasteiger partial charge in [0, 0.05) is 23.9 Å². The van der Waals surface area contributed by atoms with Gasteiger partial charge in [0.1, 0.15) is 17.5 Å². The van der Waals surface area contributed by atoms with Crippen LogP contribution in [-0.2, 0) is 0 Å².